The van der Waals surface area contributed by atoms with E-state index in [1.807, 2.05) is 0 Å². The number of H-pyrrole nitrogens is 1. The maximum atomic E-state index is 10.4. The number of aromatic nitrogens is 6. The summed E-state index contributed by atoms with van der Waals surface area (Å²) < 4.78 is 5.48. The van der Waals surface area contributed by atoms with E-state index >= 15 is 0 Å². The minimum absolute atomic E-state index is 0.340. The summed E-state index contributed by atoms with van der Waals surface area (Å²) in [6, 6.07) is 0.430. The lowest BCUT2D eigenvalue weighted by atomic mass is 11.0. The summed E-state index contributed by atoms with van der Waals surface area (Å²) in [6.07, 6.45) is 4.03. The van der Waals surface area contributed by atoms with Crippen LogP contribution in [-0.4, -0.2) is 48.6 Å². The summed E-state index contributed by atoms with van der Waals surface area (Å²) in [6.45, 7) is 6.24. The Labute approximate surface area is 119 Å². The number of aromatic amines is 1. The standard InChI is InChI=1S/C6H11N3OSi.C3H3N4OSi/c1-11(2,3)10-6-8-4-7-5-9-6;8-3-5-1-4-2(6-3)7-9/h4-5H,1-3H3;1H,(H2,4,5,6,7,8). The molecule has 0 aliphatic rings. The molecule has 2 N–H and O–H groups in total. The second-order valence-corrected chi connectivity index (χ2v) is 9.09. The van der Waals surface area contributed by atoms with Crippen LogP contribution >= 0.6 is 0 Å². The second kappa shape index (κ2) is 7.44. The molecule has 11 heteroatoms. The highest BCUT2D eigenvalue weighted by atomic mass is 28.4. The fraction of sp³-hybridized carbons (Fsp3) is 0.333. The number of nitrogens with zero attached hydrogens (tertiary/aromatic N) is 5. The maximum absolute atomic E-state index is 10.4. The van der Waals surface area contributed by atoms with Crippen molar-refractivity contribution in [2.75, 3.05) is 4.98 Å². The molecule has 0 spiro atoms. The van der Waals surface area contributed by atoms with Gasteiger partial charge in [0, 0.05) is 0 Å². The van der Waals surface area contributed by atoms with Gasteiger partial charge in [0.2, 0.25) is 8.32 Å². The zero-order valence-corrected chi connectivity index (χ0v) is 13.3. The first-order chi connectivity index (χ1) is 9.40. The lowest BCUT2D eigenvalue weighted by Crippen LogP contribution is -2.30. The number of rotatable bonds is 3. The van der Waals surface area contributed by atoms with Crippen molar-refractivity contribution in [1.29, 1.82) is 0 Å². The molecule has 105 valence electrons. The Hall–Kier alpha value is -2.15. The van der Waals surface area contributed by atoms with E-state index in [2.05, 4.69) is 64.9 Å². The topological polar surface area (TPSA) is 119 Å². The van der Waals surface area contributed by atoms with Gasteiger partial charge in [0.25, 0.3) is 0 Å². The predicted molar refractivity (Wildman–Crippen MR) is 75.8 cm³/mol. The zero-order valence-electron chi connectivity index (χ0n) is 11.3. The van der Waals surface area contributed by atoms with Gasteiger partial charge in [-0.05, 0) is 19.6 Å². The van der Waals surface area contributed by atoms with Crippen molar-refractivity contribution >= 4 is 24.7 Å². The smallest absolute Gasteiger partial charge is 0.349 e. The molecule has 2 aromatic rings. The average molecular weight is 308 g/mol. The molecule has 0 saturated heterocycles. The van der Waals surface area contributed by atoms with Gasteiger partial charge in [0.05, 0.1) is 0 Å². The molecule has 0 amide bonds. The average Bonchev–Trinajstić information content (AvgIpc) is 2.38. The van der Waals surface area contributed by atoms with Crippen molar-refractivity contribution in [3.05, 3.63) is 29.5 Å². The molecular weight excluding hydrogens is 294 g/mol. The fourth-order valence-electron chi connectivity index (χ4n) is 0.924. The first-order valence-corrected chi connectivity index (χ1v) is 9.46. The lowest BCUT2D eigenvalue weighted by molar-refractivity contribution is 0.505. The quantitative estimate of drug-likeness (QED) is 0.745. The monoisotopic (exact) mass is 308 g/mol. The van der Waals surface area contributed by atoms with Crippen molar-refractivity contribution in [3.63, 3.8) is 0 Å². The third-order valence-electron chi connectivity index (χ3n) is 1.57. The maximum Gasteiger partial charge on any atom is 0.349 e. The lowest BCUT2D eigenvalue weighted by Gasteiger charge is -2.15. The van der Waals surface area contributed by atoms with E-state index in [9.17, 15) is 4.79 Å². The molecule has 9 nitrogen and oxygen atoms in total. The molecule has 2 aromatic heterocycles. The third kappa shape index (κ3) is 6.70. The van der Waals surface area contributed by atoms with Crippen LogP contribution in [0.5, 0.6) is 6.01 Å². The summed E-state index contributed by atoms with van der Waals surface area (Å²) in [5.74, 6) is 0.340. The van der Waals surface area contributed by atoms with E-state index in [4.69, 9.17) is 4.43 Å². The van der Waals surface area contributed by atoms with Crippen LogP contribution in [0.2, 0.25) is 19.6 Å². The Bertz CT molecular complexity index is 572. The van der Waals surface area contributed by atoms with E-state index in [1.54, 1.807) is 0 Å². The highest BCUT2D eigenvalue weighted by Crippen LogP contribution is 2.06. The molecule has 0 atom stereocenters. The Morgan fingerprint density at radius 2 is 1.80 bits per heavy atom. The molecule has 0 unspecified atom stereocenters. The molecule has 20 heavy (non-hydrogen) atoms. The molecule has 2 heterocycles. The summed E-state index contributed by atoms with van der Waals surface area (Å²) in [4.78, 5) is 33.5. The molecule has 2 rings (SSSR count). The molecule has 0 aliphatic carbocycles. The van der Waals surface area contributed by atoms with Crippen molar-refractivity contribution in [2.45, 2.75) is 19.6 Å². The Morgan fingerprint density at radius 1 is 1.15 bits per heavy atom. The van der Waals surface area contributed by atoms with Gasteiger partial charge in [-0.15, -0.1) is 0 Å². The van der Waals surface area contributed by atoms with E-state index < -0.39 is 14.0 Å². The van der Waals surface area contributed by atoms with Gasteiger partial charge in [0.15, 0.2) is 16.4 Å². The zero-order chi connectivity index (χ0) is 15.0. The number of nitrogens with one attached hydrogen (secondary N) is 2. The summed E-state index contributed by atoms with van der Waals surface area (Å²) in [5, 5.41) is 0. The number of hydrogen-bond donors (Lipinski definition) is 2. The number of anilines is 1. The van der Waals surface area contributed by atoms with Gasteiger partial charge in [-0.3, -0.25) is 4.98 Å². The van der Waals surface area contributed by atoms with Crippen molar-refractivity contribution < 1.29 is 4.43 Å². The fourth-order valence-corrected chi connectivity index (χ4v) is 1.70. The first-order valence-electron chi connectivity index (χ1n) is 5.56. The molecule has 0 aliphatic heterocycles. The van der Waals surface area contributed by atoms with Crippen LogP contribution < -0.4 is 15.1 Å². The highest BCUT2D eigenvalue weighted by Gasteiger charge is 2.17. The summed E-state index contributed by atoms with van der Waals surface area (Å²) >= 11 is 0. The SMILES string of the molecule is C[Si](C)(C)Oc1ncncn1.O=c1ncnc(N[Si])[nH]1. The van der Waals surface area contributed by atoms with Crippen LogP contribution in [-0.2, 0) is 0 Å². The Balaban J connectivity index is 0.000000204. The highest BCUT2D eigenvalue weighted by molar-refractivity contribution is 6.70. The summed E-state index contributed by atoms with van der Waals surface area (Å²) in [7, 11) is 1.38. The van der Waals surface area contributed by atoms with Gasteiger partial charge >= 0.3 is 11.7 Å². The van der Waals surface area contributed by atoms with E-state index in [0.29, 0.717) is 12.0 Å². The van der Waals surface area contributed by atoms with Gasteiger partial charge in [-0.25, -0.2) is 14.8 Å². The van der Waals surface area contributed by atoms with Crippen LogP contribution in [0.1, 0.15) is 0 Å². The van der Waals surface area contributed by atoms with Gasteiger partial charge in [0.1, 0.15) is 19.0 Å². The van der Waals surface area contributed by atoms with Crippen molar-refractivity contribution in [2.24, 2.45) is 0 Å². The minimum Gasteiger partial charge on any atom is -0.518 e. The van der Waals surface area contributed by atoms with E-state index in [-0.39, 0.29) is 0 Å². The van der Waals surface area contributed by atoms with Crippen LogP contribution in [0, 0.1) is 0 Å². The summed E-state index contributed by atoms with van der Waals surface area (Å²) in [5.41, 5.74) is -0.425. The van der Waals surface area contributed by atoms with Crippen molar-refractivity contribution in [1.82, 2.24) is 29.9 Å². The predicted octanol–water partition coefficient (Wildman–Crippen LogP) is -0.254. The third-order valence-corrected chi connectivity index (χ3v) is 2.60. The minimum atomic E-state index is -1.55. The molecule has 3 radical (unpaired) electrons. The molecule has 0 saturated carbocycles. The van der Waals surface area contributed by atoms with Crippen molar-refractivity contribution in [3.8, 4) is 6.01 Å². The second-order valence-electron chi connectivity index (χ2n) is 4.41. The molecule has 0 bridgehead atoms. The molecule has 0 aromatic carbocycles. The normalized spacial score (nSPS) is 10.2. The van der Waals surface area contributed by atoms with Gasteiger partial charge in [-0.2, -0.15) is 15.0 Å². The Kier molecular flexibility index (Phi) is 5.92. The van der Waals surface area contributed by atoms with Crippen LogP contribution in [0.15, 0.2) is 23.8 Å². The molecular formula is C9H14N7O2Si2. The molecule has 0 fully saturated rings. The first kappa shape index (κ1) is 15.9. The van der Waals surface area contributed by atoms with E-state index in [1.165, 1.54) is 19.0 Å². The Morgan fingerprint density at radius 3 is 2.25 bits per heavy atom. The van der Waals surface area contributed by atoms with Gasteiger partial charge in [-0.1, -0.05) is 0 Å². The number of hydrogen-bond acceptors (Lipinski definition) is 8. The van der Waals surface area contributed by atoms with Crippen LogP contribution in [0.3, 0.4) is 0 Å². The van der Waals surface area contributed by atoms with Crippen LogP contribution in [0.25, 0.3) is 0 Å². The van der Waals surface area contributed by atoms with Gasteiger partial charge < -0.3 is 9.41 Å². The van der Waals surface area contributed by atoms with E-state index in [0.717, 1.165) is 0 Å². The largest absolute Gasteiger partial charge is 0.518 e. The van der Waals surface area contributed by atoms with Crippen LogP contribution in [0.4, 0.5) is 5.95 Å².